The summed E-state index contributed by atoms with van der Waals surface area (Å²) in [5.41, 5.74) is 3.91. The summed E-state index contributed by atoms with van der Waals surface area (Å²) in [5.74, 6) is 0.627. The lowest BCUT2D eigenvalue weighted by molar-refractivity contribution is 0.0560. The minimum Gasteiger partial charge on any atom is -0.313 e. The van der Waals surface area contributed by atoms with Crippen molar-refractivity contribution < 1.29 is 0 Å². The molecule has 0 radical (unpaired) electrons. The van der Waals surface area contributed by atoms with Crippen molar-refractivity contribution in [3.63, 3.8) is 0 Å². The fraction of sp³-hybridized carbons (Fsp3) is 0.684. The van der Waals surface area contributed by atoms with E-state index in [1.165, 1.54) is 37.8 Å². The van der Waals surface area contributed by atoms with Crippen LogP contribution in [0.15, 0.2) is 24.3 Å². The SMILES string of the molecule is CC(C)c1ccc(C2(CNC3CC3)CC(C)(C)C2)cc1. The number of hydrogen-bond donors (Lipinski definition) is 1. The zero-order chi connectivity index (χ0) is 14.4. The summed E-state index contributed by atoms with van der Waals surface area (Å²) in [5, 5.41) is 3.77. The van der Waals surface area contributed by atoms with Crippen LogP contribution in [-0.2, 0) is 5.41 Å². The molecular formula is C19H29N. The van der Waals surface area contributed by atoms with E-state index in [0.717, 1.165) is 6.04 Å². The maximum atomic E-state index is 3.77. The van der Waals surface area contributed by atoms with Gasteiger partial charge in [0.1, 0.15) is 0 Å². The average Bonchev–Trinajstić information content (AvgIpc) is 3.17. The molecule has 0 bridgehead atoms. The second kappa shape index (κ2) is 4.87. The Balaban J connectivity index is 1.77. The van der Waals surface area contributed by atoms with Crippen LogP contribution in [0.3, 0.4) is 0 Å². The molecule has 1 heteroatoms. The largest absolute Gasteiger partial charge is 0.313 e. The molecule has 2 aliphatic carbocycles. The molecule has 3 rings (SSSR count). The quantitative estimate of drug-likeness (QED) is 0.824. The van der Waals surface area contributed by atoms with Crippen molar-refractivity contribution in [2.24, 2.45) is 5.41 Å². The molecule has 0 aliphatic heterocycles. The van der Waals surface area contributed by atoms with Crippen molar-refractivity contribution >= 4 is 0 Å². The van der Waals surface area contributed by atoms with Crippen LogP contribution in [0.25, 0.3) is 0 Å². The van der Waals surface area contributed by atoms with Crippen molar-refractivity contribution in [2.75, 3.05) is 6.54 Å². The molecule has 0 unspecified atom stereocenters. The van der Waals surface area contributed by atoms with Gasteiger partial charge in [-0.25, -0.2) is 0 Å². The maximum absolute atomic E-state index is 3.77. The van der Waals surface area contributed by atoms with Gasteiger partial charge in [0.2, 0.25) is 0 Å². The van der Waals surface area contributed by atoms with E-state index in [0.29, 0.717) is 16.7 Å². The summed E-state index contributed by atoms with van der Waals surface area (Å²) in [6.45, 7) is 10.5. The van der Waals surface area contributed by atoms with Crippen LogP contribution in [0.2, 0.25) is 0 Å². The third kappa shape index (κ3) is 2.79. The van der Waals surface area contributed by atoms with Gasteiger partial charge in [-0.2, -0.15) is 0 Å². The second-order valence-electron chi connectivity index (χ2n) is 8.23. The van der Waals surface area contributed by atoms with Crippen LogP contribution in [0.5, 0.6) is 0 Å². The van der Waals surface area contributed by atoms with Crippen molar-refractivity contribution in [3.05, 3.63) is 35.4 Å². The minimum atomic E-state index is 0.390. The zero-order valence-corrected chi connectivity index (χ0v) is 13.5. The van der Waals surface area contributed by atoms with Crippen LogP contribution in [0.1, 0.15) is 70.4 Å². The zero-order valence-electron chi connectivity index (χ0n) is 13.5. The first-order chi connectivity index (χ1) is 9.40. The number of nitrogens with one attached hydrogen (secondary N) is 1. The van der Waals surface area contributed by atoms with Crippen LogP contribution < -0.4 is 5.32 Å². The Hall–Kier alpha value is -0.820. The van der Waals surface area contributed by atoms with E-state index in [9.17, 15) is 0 Å². The molecule has 1 N–H and O–H groups in total. The Morgan fingerprint density at radius 1 is 1.10 bits per heavy atom. The van der Waals surface area contributed by atoms with Crippen LogP contribution in [-0.4, -0.2) is 12.6 Å². The van der Waals surface area contributed by atoms with Gasteiger partial charge in [-0.05, 0) is 48.1 Å². The van der Waals surface area contributed by atoms with E-state index >= 15 is 0 Å². The van der Waals surface area contributed by atoms with Gasteiger partial charge < -0.3 is 5.32 Å². The Morgan fingerprint density at radius 2 is 1.70 bits per heavy atom. The molecule has 2 saturated carbocycles. The number of benzene rings is 1. The molecule has 20 heavy (non-hydrogen) atoms. The first-order valence-electron chi connectivity index (χ1n) is 8.24. The van der Waals surface area contributed by atoms with Crippen molar-refractivity contribution in [2.45, 2.75) is 70.8 Å². The standard InChI is InChI=1S/C19H29N/c1-14(2)15-5-7-16(8-6-15)19(11-18(3,4)12-19)13-20-17-9-10-17/h5-8,14,17,20H,9-13H2,1-4H3. The first kappa shape index (κ1) is 14.1. The molecule has 0 amide bonds. The van der Waals surface area contributed by atoms with Crippen molar-refractivity contribution in [3.8, 4) is 0 Å². The summed E-state index contributed by atoms with van der Waals surface area (Å²) < 4.78 is 0. The summed E-state index contributed by atoms with van der Waals surface area (Å²) >= 11 is 0. The van der Waals surface area contributed by atoms with Gasteiger partial charge >= 0.3 is 0 Å². The monoisotopic (exact) mass is 271 g/mol. The van der Waals surface area contributed by atoms with Gasteiger partial charge in [0.15, 0.2) is 0 Å². The Bertz CT molecular complexity index is 457. The molecule has 0 saturated heterocycles. The summed E-state index contributed by atoms with van der Waals surface area (Å²) in [6.07, 6.45) is 5.40. The highest BCUT2D eigenvalue weighted by atomic mass is 15.0. The Labute approximate surface area is 124 Å². The van der Waals surface area contributed by atoms with E-state index in [4.69, 9.17) is 0 Å². The Kier molecular flexibility index (Phi) is 3.44. The van der Waals surface area contributed by atoms with Crippen molar-refractivity contribution in [1.82, 2.24) is 5.32 Å². The van der Waals surface area contributed by atoms with Gasteiger partial charge in [-0.3, -0.25) is 0 Å². The normalized spacial score (nSPS) is 23.6. The van der Waals surface area contributed by atoms with E-state index in [-0.39, 0.29) is 0 Å². The van der Waals surface area contributed by atoms with Crippen LogP contribution in [0.4, 0.5) is 0 Å². The predicted molar refractivity (Wildman–Crippen MR) is 86.2 cm³/mol. The molecular weight excluding hydrogens is 242 g/mol. The number of hydrogen-bond acceptors (Lipinski definition) is 1. The van der Waals surface area contributed by atoms with Gasteiger partial charge in [0.05, 0.1) is 0 Å². The molecule has 2 fully saturated rings. The molecule has 1 nitrogen and oxygen atoms in total. The van der Waals surface area contributed by atoms with Gasteiger partial charge in [-0.1, -0.05) is 52.0 Å². The highest BCUT2D eigenvalue weighted by Crippen LogP contribution is 2.55. The first-order valence-corrected chi connectivity index (χ1v) is 8.24. The van der Waals surface area contributed by atoms with E-state index in [1.807, 2.05) is 0 Å². The van der Waals surface area contributed by atoms with E-state index in [1.54, 1.807) is 5.56 Å². The van der Waals surface area contributed by atoms with Crippen LogP contribution in [0, 0.1) is 5.41 Å². The predicted octanol–water partition coefficient (Wildman–Crippen LogP) is 4.62. The molecule has 2 aliphatic rings. The van der Waals surface area contributed by atoms with Crippen molar-refractivity contribution in [1.29, 1.82) is 0 Å². The fourth-order valence-corrected chi connectivity index (χ4v) is 4.06. The van der Waals surface area contributed by atoms with E-state index < -0.39 is 0 Å². The molecule has 1 aromatic rings. The minimum absolute atomic E-state index is 0.390. The van der Waals surface area contributed by atoms with Gasteiger partial charge in [0.25, 0.3) is 0 Å². The molecule has 0 aromatic heterocycles. The highest BCUT2D eigenvalue weighted by Gasteiger charge is 2.50. The number of rotatable bonds is 5. The third-order valence-corrected chi connectivity index (χ3v) is 5.13. The Morgan fingerprint density at radius 3 is 2.15 bits per heavy atom. The molecule has 0 atom stereocenters. The lowest BCUT2D eigenvalue weighted by Crippen LogP contribution is -2.52. The molecule has 0 spiro atoms. The second-order valence-corrected chi connectivity index (χ2v) is 8.23. The smallest absolute Gasteiger partial charge is 0.00880 e. The third-order valence-electron chi connectivity index (χ3n) is 5.13. The summed E-state index contributed by atoms with van der Waals surface area (Å²) in [6, 6.07) is 10.3. The lowest BCUT2D eigenvalue weighted by Gasteiger charge is -2.54. The summed E-state index contributed by atoms with van der Waals surface area (Å²) in [7, 11) is 0. The maximum Gasteiger partial charge on any atom is 0.00880 e. The highest BCUT2D eigenvalue weighted by molar-refractivity contribution is 5.34. The van der Waals surface area contributed by atoms with Gasteiger partial charge in [0, 0.05) is 18.0 Å². The van der Waals surface area contributed by atoms with Gasteiger partial charge in [-0.15, -0.1) is 0 Å². The molecule has 110 valence electrons. The topological polar surface area (TPSA) is 12.0 Å². The fourth-order valence-electron chi connectivity index (χ4n) is 4.06. The molecule has 1 aromatic carbocycles. The average molecular weight is 271 g/mol. The molecule has 0 heterocycles. The summed E-state index contributed by atoms with van der Waals surface area (Å²) in [4.78, 5) is 0. The van der Waals surface area contributed by atoms with Crippen LogP contribution >= 0.6 is 0 Å². The van der Waals surface area contributed by atoms with E-state index in [2.05, 4.69) is 57.3 Å². The lowest BCUT2D eigenvalue weighted by atomic mass is 9.52.